The number of rotatable bonds is 6. The molecule has 1 unspecified atom stereocenters. The van der Waals surface area contributed by atoms with Crippen molar-refractivity contribution in [3.8, 4) is 5.75 Å². The van der Waals surface area contributed by atoms with Crippen molar-refractivity contribution in [2.24, 2.45) is 0 Å². The number of ether oxygens (including phenoxy) is 1. The molecule has 1 aliphatic heterocycles. The van der Waals surface area contributed by atoms with E-state index in [1.807, 2.05) is 6.92 Å². The molecule has 6 nitrogen and oxygen atoms in total. The van der Waals surface area contributed by atoms with Gasteiger partial charge in [0.05, 0.1) is 6.04 Å². The summed E-state index contributed by atoms with van der Waals surface area (Å²) in [5, 5.41) is 8.62. The Hall–Kier alpha value is -1.73. The van der Waals surface area contributed by atoms with Gasteiger partial charge in [0.2, 0.25) is 5.91 Å². The minimum Gasteiger partial charge on any atom is -0.484 e. The summed E-state index contributed by atoms with van der Waals surface area (Å²) in [7, 11) is 0. The van der Waals surface area contributed by atoms with Crippen LogP contribution < -0.4 is 20.7 Å². The summed E-state index contributed by atoms with van der Waals surface area (Å²) in [4.78, 5) is 23.2. The van der Waals surface area contributed by atoms with Crippen molar-refractivity contribution in [2.45, 2.75) is 13.0 Å². The normalized spacial score (nSPS) is 17.3. The summed E-state index contributed by atoms with van der Waals surface area (Å²) < 4.78 is 5.34. The molecule has 1 aliphatic rings. The summed E-state index contributed by atoms with van der Waals surface area (Å²) >= 11 is 1.71. The fraction of sp³-hybridized carbons (Fsp3) is 0.429. The summed E-state index contributed by atoms with van der Waals surface area (Å²) in [6, 6.07) is 6.83. The lowest BCUT2D eigenvalue weighted by Gasteiger charge is -2.11. The maximum atomic E-state index is 11.9. The summed E-state index contributed by atoms with van der Waals surface area (Å²) in [6.07, 6.45) is 0. The number of amides is 2. The molecule has 1 fully saturated rings. The predicted octanol–water partition coefficient (Wildman–Crippen LogP) is 0.802. The first kappa shape index (κ1) is 15.7. The van der Waals surface area contributed by atoms with Gasteiger partial charge in [-0.05, 0) is 31.2 Å². The molecule has 2 rings (SSSR count). The van der Waals surface area contributed by atoms with Crippen molar-refractivity contribution in [2.75, 3.05) is 30.1 Å². The smallest absolute Gasteiger partial charge is 0.257 e. The fourth-order valence-electron chi connectivity index (χ4n) is 1.82. The number of carbonyl (C=O) groups excluding carboxylic acids is 2. The molecule has 0 radical (unpaired) electrons. The van der Waals surface area contributed by atoms with E-state index in [2.05, 4.69) is 16.0 Å². The van der Waals surface area contributed by atoms with Gasteiger partial charge in [-0.2, -0.15) is 0 Å². The minimum atomic E-state index is -0.153. The van der Waals surface area contributed by atoms with Crippen LogP contribution in [0, 0.1) is 0 Å². The van der Waals surface area contributed by atoms with Gasteiger partial charge < -0.3 is 15.4 Å². The molecule has 0 aliphatic carbocycles. The largest absolute Gasteiger partial charge is 0.484 e. The number of carbonyl (C=O) groups is 2. The highest BCUT2D eigenvalue weighted by molar-refractivity contribution is 7.99. The molecule has 114 valence electrons. The average molecular weight is 309 g/mol. The van der Waals surface area contributed by atoms with Gasteiger partial charge in [-0.15, -0.1) is 11.8 Å². The third-order valence-electron chi connectivity index (χ3n) is 2.90. The van der Waals surface area contributed by atoms with Crippen LogP contribution in [0.4, 0.5) is 5.69 Å². The first-order valence-corrected chi connectivity index (χ1v) is 7.96. The van der Waals surface area contributed by atoms with Crippen molar-refractivity contribution in [1.82, 2.24) is 10.6 Å². The number of hydrogen-bond donors (Lipinski definition) is 3. The van der Waals surface area contributed by atoms with Gasteiger partial charge in [-0.25, -0.2) is 0 Å². The Kier molecular flexibility index (Phi) is 5.89. The Morgan fingerprint density at radius 2 is 2.14 bits per heavy atom. The Bertz CT molecular complexity index is 487. The molecule has 1 heterocycles. The molecule has 0 bridgehead atoms. The Balaban J connectivity index is 1.81. The van der Waals surface area contributed by atoms with E-state index in [0.29, 0.717) is 18.0 Å². The number of thioether (sulfide) groups is 1. The summed E-state index contributed by atoms with van der Waals surface area (Å²) in [5.41, 5.74) is 0.712. The van der Waals surface area contributed by atoms with E-state index >= 15 is 0 Å². The molecule has 1 atom stereocenters. The summed E-state index contributed by atoms with van der Waals surface area (Å²) in [6.45, 7) is 2.43. The highest BCUT2D eigenvalue weighted by Gasteiger charge is 2.22. The van der Waals surface area contributed by atoms with Gasteiger partial charge in [0.25, 0.3) is 5.91 Å². The quantitative estimate of drug-likeness (QED) is 0.724. The van der Waals surface area contributed by atoms with Crippen LogP contribution in [0.15, 0.2) is 24.3 Å². The molecule has 1 saturated heterocycles. The molecule has 0 aromatic heterocycles. The van der Waals surface area contributed by atoms with Crippen molar-refractivity contribution in [3.63, 3.8) is 0 Å². The lowest BCUT2D eigenvalue weighted by Crippen LogP contribution is -2.37. The van der Waals surface area contributed by atoms with Gasteiger partial charge >= 0.3 is 0 Å². The Morgan fingerprint density at radius 1 is 1.38 bits per heavy atom. The molecule has 1 aromatic rings. The lowest BCUT2D eigenvalue weighted by molar-refractivity contribution is -0.123. The third-order valence-corrected chi connectivity index (χ3v) is 3.84. The van der Waals surface area contributed by atoms with E-state index in [9.17, 15) is 9.59 Å². The molecular weight excluding hydrogens is 290 g/mol. The van der Waals surface area contributed by atoms with Gasteiger partial charge in [-0.3, -0.25) is 14.9 Å². The first-order chi connectivity index (χ1) is 10.2. The predicted molar refractivity (Wildman–Crippen MR) is 83.5 cm³/mol. The van der Waals surface area contributed by atoms with Crippen LogP contribution in [-0.2, 0) is 9.59 Å². The zero-order valence-electron chi connectivity index (χ0n) is 11.8. The van der Waals surface area contributed by atoms with E-state index in [-0.39, 0.29) is 24.5 Å². The number of benzene rings is 1. The number of anilines is 1. The standard InChI is InChI=1S/C14H19N3O3S/c1-2-15-13(18)7-20-11-5-3-10(4-6-11)17-14(19)12-8-21-9-16-12/h3-6,12,16H,2,7-9H2,1H3,(H,15,18)(H,17,19). The zero-order valence-corrected chi connectivity index (χ0v) is 12.7. The van der Waals surface area contributed by atoms with Gasteiger partial charge in [0.1, 0.15) is 5.75 Å². The van der Waals surface area contributed by atoms with Crippen LogP contribution in [0.5, 0.6) is 5.75 Å². The van der Waals surface area contributed by atoms with E-state index in [0.717, 1.165) is 11.6 Å². The number of likely N-dealkylation sites (N-methyl/N-ethyl adjacent to an activating group) is 1. The van der Waals surface area contributed by atoms with E-state index < -0.39 is 0 Å². The fourth-order valence-corrected chi connectivity index (χ4v) is 2.77. The number of nitrogens with one attached hydrogen (secondary N) is 3. The molecule has 0 saturated carbocycles. The zero-order chi connectivity index (χ0) is 15.1. The third kappa shape index (κ3) is 4.95. The van der Waals surface area contributed by atoms with Crippen LogP contribution in [0.2, 0.25) is 0 Å². The Morgan fingerprint density at radius 3 is 2.76 bits per heavy atom. The second kappa shape index (κ2) is 7.90. The van der Waals surface area contributed by atoms with Gasteiger partial charge in [0.15, 0.2) is 6.61 Å². The molecule has 0 spiro atoms. The summed E-state index contributed by atoms with van der Waals surface area (Å²) in [5.74, 6) is 2.01. The van der Waals surface area contributed by atoms with Crippen molar-refractivity contribution in [1.29, 1.82) is 0 Å². The highest BCUT2D eigenvalue weighted by atomic mass is 32.2. The average Bonchev–Trinajstić information content (AvgIpc) is 3.01. The van der Waals surface area contributed by atoms with Crippen molar-refractivity contribution in [3.05, 3.63) is 24.3 Å². The maximum Gasteiger partial charge on any atom is 0.257 e. The lowest BCUT2D eigenvalue weighted by atomic mass is 10.2. The van der Waals surface area contributed by atoms with Crippen molar-refractivity contribution < 1.29 is 14.3 Å². The highest BCUT2D eigenvalue weighted by Crippen LogP contribution is 2.17. The molecule has 21 heavy (non-hydrogen) atoms. The van der Waals surface area contributed by atoms with Crippen molar-refractivity contribution >= 4 is 29.3 Å². The molecule has 3 N–H and O–H groups in total. The molecule has 2 amide bonds. The first-order valence-electron chi connectivity index (χ1n) is 6.80. The second-order valence-corrected chi connectivity index (χ2v) is 5.56. The van der Waals surface area contributed by atoms with Crippen LogP contribution in [-0.4, -0.2) is 42.6 Å². The topological polar surface area (TPSA) is 79.5 Å². The molecule has 1 aromatic carbocycles. The van der Waals surface area contributed by atoms with Crippen LogP contribution in [0.1, 0.15) is 6.92 Å². The van der Waals surface area contributed by atoms with Crippen LogP contribution in [0.3, 0.4) is 0 Å². The van der Waals surface area contributed by atoms with Gasteiger partial charge in [0, 0.05) is 23.9 Å². The van der Waals surface area contributed by atoms with Crippen LogP contribution in [0.25, 0.3) is 0 Å². The Labute approximate surface area is 128 Å². The second-order valence-electron chi connectivity index (χ2n) is 4.53. The molecular formula is C14H19N3O3S. The van der Waals surface area contributed by atoms with Crippen LogP contribution >= 0.6 is 11.8 Å². The monoisotopic (exact) mass is 309 g/mol. The SMILES string of the molecule is CCNC(=O)COc1ccc(NC(=O)C2CSCN2)cc1. The minimum absolute atomic E-state index is 0.0111. The number of hydrogen-bond acceptors (Lipinski definition) is 5. The maximum absolute atomic E-state index is 11.9. The molecule has 7 heteroatoms. The van der Waals surface area contributed by atoms with E-state index in [1.54, 1.807) is 36.0 Å². The van der Waals surface area contributed by atoms with E-state index in [1.165, 1.54) is 0 Å². The van der Waals surface area contributed by atoms with Gasteiger partial charge in [-0.1, -0.05) is 0 Å². The van der Waals surface area contributed by atoms with E-state index in [4.69, 9.17) is 4.74 Å².